The van der Waals surface area contributed by atoms with Crippen molar-refractivity contribution >= 4 is 12.1 Å². The summed E-state index contributed by atoms with van der Waals surface area (Å²) in [5.41, 5.74) is -0.224. The minimum atomic E-state index is -1.20. The molecular weight excluding hydrogens is 262 g/mol. The average Bonchev–Trinajstić information content (AvgIpc) is 2.43. The van der Waals surface area contributed by atoms with Gasteiger partial charge in [-0.2, -0.15) is 0 Å². The zero-order valence-electron chi connectivity index (χ0n) is 11.8. The summed E-state index contributed by atoms with van der Waals surface area (Å²) in [6.07, 6.45) is -0.800. The first kappa shape index (κ1) is 16.0. The molecule has 0 fully saturated rings. The van der Waals surface area contributed by atoms with Gasteiger partial charge in [0.25, 0.3) is 0 Å². The number of ether oxygens (including phenoxy) is 2. The maximum absolute atomic E-state index is 11.6. The van der Waals surface area contributed by atoms with Gasteiger partial charge in [0, 0.05) is 7.11 Å². The molecule has 0 aromatic heterocycles. The molecule has 6 nitrogen and oxygen atoms in total. The van der Waals surface area contributed by atoms with Gasteiger partial charge in [-0.25, -0.2) is 9.59 Å². The van der Waals surface area contributed by atoms with E-state index in [0.29, 0.717) is 0 Å². The highest BCUT2D eigenvalue weighted by Gasteiger charge is 2.37. The minimum absolute atomic E-state index is 0.0758. The van der Waals surface area contributed by atoms with E-state index in [4.69, 9.17) is 14.6 Å². The first-order valence-electron chi connectivity index (χ1n) is 6.12. The predicted molar refractivity (Wildman–Crippen MR) is 72.3 cm³/mol. The lowest BCUT2D eigenvalue weighted by molar-refractivity contribution is -0.147. The fourth-order valence-electron chi connectivity index (χ4n) is 1.53. The summed E-state index contributed by atoms with van der Waals surface area (Å²) in [4.78, 5) is 22.8. The summed E-state index contributed by atoms with van der Waals surface area (Å²) in [5.74, 6) is -1.19. The van der Waals surface area contributed by atoms with E-state index in [2.05, 4.69) is 5.32 Å². The Morgan fingerprint density at radius 3 is 2.40 bits per heavy atom. The van der Waals surface area contributed by atoms with Crippen LogP contribution in [0.5, 0.6) is 0 Å². The number of alkyl carbamates (subject to hydrolysis) is 1. The third-order valence-corrected chi connectivity index (χ3v) is 2.94. The van der Waals surface area contributed by atoms with Crippen LogP contribution in [-0.2, 0) is 20.9 Å². The van der Waals surface area contributed by atoms with Crippen LogP contribution >= 0.6 is 0 Å². The van der Waals surface area contributed by atoms with Crippen molar-refractivity contribution < 1.29 is 24.2 Å². The number of methoxy groups -OCH3 is 1. The molecule has 1 rings (SSSR count). The number of aliphatic carboxylic acids is 1. The third-order valence-electron chi connectivity index (χ3n) is 2.94. The molecule has 0 radical (unpaired) electrons. The smallest absolute Gasteiger partial charge is 0.408 e. The van der Waals surface area contributed by atoms with Crippen molar-refractivity contribution in [2.45, 2.75) is 32.1 Å². The lowest BCUT2D eigenvalue weighted by atomic mass is 9.99. The summed E-state index contributed by atoms with van der Waals surface area (Å²) < 4.78 is 10.1. The van der Waals surface area contributed by atoms with Crippen molar-refractivity contribution in [3.05, 3.63) is 35.9 Å². The van der Waals surface area contributed by atoms with E-state index in [9.17, 15) is 9.59 Å². The quantitative estimate of drug-likeness (QED) is 0.830. The number of carboxylic acids is 1. The number of carboxylic acid groups (broad SMARTS) is 1. The van der Waals surface area contributed by atoms with E-state index in [1.54, 1.807) is 26.0 Å². The van der Waals surface area contributed by atoms with Gasteiger partial charge in [-0.1, -0.05) is 30.3 Å². The van der Waals surface area contributed by atoms with Crippen LogP contribution in [-0.4, -0.2) is 35.9 Å². The van der Waals surface area contributed by atoms with Crippen molar-refractivity contribution in [1.82, 2.24) is 5.32 Å². The maximum atomic E-state index is 11.6. The Labute approximate surface area is 117 Å². The van der Waals surface area contributed by atoms with Crippen molar-refractivity contribution in [2.75, 3.05) is 7.11 Å². The summed E-state index contributed by atoms with van der Waals surface area (Å²) in [5, 5.41) is 11.4. The molecule has 0 aliphatic rings. The molecular formula is C14H19NO5. The molecule has 1 amide bonds. The van der Waals surface area contributed by atoms with Gasteiger partial charge < -0.3 is 19.9 Å². The lowest BCUT2D eigenvalue weighted by Crippen LogP contribution is -2.55. The van der Waals surface area contributed by atoms with Crippen LogP contribution in [0.2, 0.25) is 0 Å². The van der Waals surface area contributed by atoms with Crippen LogP contribution < -0.4 is 5.32 Å². The van der Waals surface area contributed by atoms with Crippen molar-refractivity contribution in [3.63, 3.8) is 0 Å². The van der Waals surface area contributed by atoms with Gasteiger partial charge in [-0.15, -0.1) is 0 Å². The zero-order chi connectivity index (χ0) is 15.2. The van der Waals surface area contributed by atoms with Gasteiger partial charge in [0.15, 0.2) is 6.04 Å². The Kier molecular flexibility index (Phi) is 5.52. The SMILES string of the molecule is COC(C)(C)[C@@H](NC(=O)OCc1ccccc1)C(=O)O. The van der Waals surface area contributed by atoms with Crippen molar-refractivity contribution in [1.29, 1.82) is 0 Å². The first-order valence-corrected chi connectivity index (χ1v) is 6.12. The minimum Gasteiger partial charge on any atom is -0.480 e. The van der Waals surface area contributed by atoms with E-state index >= 15 is 0 Å². The van der Waals surface area contributed by atoms with Gasteiger partial charge >= 0.3 is 12.1 Å². The third kappa shape index (κ3) is 4.55. The Balaban J connectivity index is 2.57. The molecule has 0 heterocycles. The standard InChI is InChI=1S/C14H19NO5/c1-14(2,19-3)11(12(16)17)15-13(18)20-9-10-7-5-4-6-8-10/h4-8,11H,9H2,1-3H3,(H,15,18)(H,16,17)/t11-/m0/s1. The molecule has 1 aromatic carbocycles. The van der Waals surface area contributed by atoms with Gasteiger partial charge in [0.2, 0.25) is 0 Å². The highest BCUT2D eigenvalue weighted by Crippen LogP contribution is 2.14. The summed E-state index contributed by atoms with van der Waals surface area (Å²) in [6, 6.07) is 7.92. The molecule has 1 atom stereocenters. The first-order chi connectivity index (χ1) is 9.36. The largest absolute Gasteiger partial charge is 0.480 e. The molecule has 2 N–H and O–H groups in total. The average molecular weight is 281 g/mol. The monoisotopic (exact) mass is 281 g/mol. The second kappa shape index (κ2) is 6.91. The fraction of sp³-hybridized carbons (Fsp3) is 0.429. The zero-order valence-corrected chi connectivity index (χ0v) is 11.8. The molecule has 110 valence electrons. The number of benzene rings is 1. The number of carbonyl (C=O) groups excluding carboxylic acids is 1. The summed E-state index contributed by atoms with van der Waals surface area (Å²) in [7, 11) is 1.38. The number of carbonyl (C=O) groups is 2. The summed E-state index contributed by atoms with van der Waals surface area (Å²) >= 11 is 0. The normalized spacial score (nSPS) is 12.6. The number of rotatable bonds is 6. The molecule has 0 bridgehead atoms. The van der Waals surface area contributed by atoms with Gasteiger partial charge in [-0.05, 0) is 19.4 Å². The van der Waals surface area contributed by atoms with E-state index in [0.717, 1.165) is 5.56 Å². The Morgan fingerprint density at radius 1 is 1.30 bits per heavy atom. The lowest BCUT2D eigenvalue weighted by Gasteiger charge is -2.30. The van der Waals surface area contributed by atoms with Crippen LogP contribution in [0.4, 0.5) is 4.79 Å². The Hall–Kier alpha value is -2.08. The molecule has 0 aliphatic carbocycles. The molecule has 0 saturated carbocycles. The number of hydrogen-bond donors (Lipinski definition) is 2. The van der Waals surface area contributed by atoms with E-state index in [1.165, 1.54) is 7.11 Å². The topological polar surface area (TPSA) is 84.9 Å². The van der Waals surface area contributed by atoms with Crippen LogP contribution in [0.3, 0.4) is 0 Å². The van der Waals surface area contributed by atoms with Gasteiger partial charge in [0.1, 0.15) is 6.61 Å². The Bertz CT molecular complexity index is 458. The molecule has 20 heavy (non-hydrogen) atoms. The number of amides is 1. The highest BCUT2D eigenvalue weighted by atomic mass is 16.5. The molecule has 6 heteroatoms. The maximum Gasteiger partial charge on any atom is 0.408 e. The number of nitrogens with one attached hydrogen (secondary N) is 1. The van der Waals surface area contributed by atoms with Crippen molar-refractivity contribution in [3.8, 4) is 0 Å². The van der Waals surface area contributed by atoms with E-state index in [-0.39, 0.29) is 6.61 Å². The molecule has 0 spiro atoms. The van der Waals surface area contributed by atoms with Gasteiger partial charge in [0.05, 0.1) is 5.60 Å². The molecule has 0 aliphatic heterocycles. The molecule has 1 aromatic rings. The van der Waals surface area contributed by atoms with Crippen LogP contribution in [0.1, 0.15) is 19.4 Å². The van der Waals surface area contributed by atoms with Crippen LogP contribution in [0.25, 0.3) is 0 Å². The van der Waals surface area contributed by atoms with E-state index < -0.39 is 23.7 Å². The second-order valence-electron chi connectivity index (χ2n) is 4.78. The summed E-state index contributed by atoms with van der Waals surface area (Å²) in [6.45, 7) is 3.22. The van der Waals surface area contributed by atoms with Crippen molar-refractivity contribution in [2.24, 2.45) is 0 Å². The fourth-order valence-corrected chi connectivity index (χ4v) is 1.53. The molecule has 0 unspecified atom stereocenters. The Morgan fingerprint density at radius 2 is 1.90 bits per heavy atom. The highest BCUT2D eigenvalue weighted by molar-refractivity contribution is 5.81. The van der Waals surface area contributed by atoms with Crippen LogP contribution in [0, 0.1) is 0 Å². The van der Waals surface area contributed by atoms with Gasteiger partial charge in [-0.3, -0.25) is 0 Å². The number of hydrogen-bond acceptors (Lipinski definition) is 4. The van der Waals surface area contributed by atoms with Crippen LogP contribution in [0.15, 0.2) is 30.3 Å². The predicted octanol–water partition coefficient (Wildman–Crippen LogP) is 1.79. The van der Waals surface area contributed by atoms with E-state index in [1.807, 2.05) is 18.2 Å². The second-order valence-corrected chi connectivity index (χ2v) is 4.78. The molecule has 0 saturated heterocycles.